The number of rotatable bonds is 2. The molecule has 3 aromatic rings. The first kappa shape index (κ1) is 13.2. The maximum absolute atomic E-state index is 6.11. The van der Waals surface area contributed by atoms with E-state index in [0.29, 0.717) is 5.65 Å². The molecular weight excluding hydrogens is 278 g/mol. The molecule has 1 N–H and O–H groups in total. The van der Waals surface area contributed by atoms with Gasteiger partial charge in [0.15, 0.2) is 11.5 Å². The van der Waals surface area contributed by atoms with Gasteiger partial charge in [-0.15, -0.1) is 0 Å². The summed E-state index contributed by atoms with van der Waals surface area (Å²) in [4.78, 5) is 18.2. The fourth-order valence-corrected chi connectivity index (χ4v) is 2.97. The van der Waals surface area contributed by atoms with Crippen LogP contribution in [0.2, 0.25) is 0 Å². The molecule has 1 saturated heterocycles. The molecule has 2 unspecified atom stereocenters. The minimum Gasteiger partial charge on any atom is -0.367 e. The summed E-state index contributed by atoms with van der Waals surface area (Å²) >= 11 is 0. The van der Waals surface area contributed by atoms with Gasteiger partial charge in [0, 0.05) is 13.1 Å². The number of hydrogen-bond donors (Lipinski definition) is 1. The van der Waals surface area contributed by atoms with Crippen molar-refractivity contribution >= 4 is 17.0 Å². The van der Waals surface area contributed by atoms with Crippen LogP contribution in [0.15, 0.2) is 43.0 Å². The minimum absolute atomic E-state index is 0.0397. The van der Waals surface area contributed by atoms with Gasteiger partial charge in [0.2, 0.25) is 0 Å². The summed E-state index contributed by atoms with van der Waals surface area (Å²) in [7, 11) is 0. The predicted molar refractivity (Wildman–Crippen MR) is 83.6 cm³/mol. The average molecular weight is 295 g/mol. The molecule has 0 amide bonds. The highest BCUT2D eigenvalue weighted by atomic mass is 16.5. The second-order valence-corrected chi connectivity index (χ2v) is 5.55. The first-order chi connectivity index (χ1) is 10.8. The number of aromatic amines is 1. The van der Waals surface area contributed by atoms with Crippen LogP contribution in [0.4, 0.5) is 5.82 Å². The van der Waals surface area contributed by atoms with E-state index < -0.39 is 0 Å². The number of anilines is 1. The van der Waals surface area contributed by atoms with E-state index in [-0.39, 0.29) is 12.2 Å². The van der Waals surface area contributed by atoms with E-state index in [1.165, 1.54) is 5.56 Å². The van der Waals surface area contributed by atoms with Gasteiger partial charge in [-0.1, -0.05) is 30.3 Å². The Labute approximate surface area is 128 Å². The molecule has 22 heavy (non-hydrogen) atoms. The number of hydrogen-bond acceptors (Lipinski definition) is 5. The molecule has 1 aliphatic heterocycles. The number of benzene rings is 1. The number of fused-ring (bicyclic) bond motifs is 1. The molecule has 6 nitrogen and oxygen atoms in total. The Morgan fingerprint density at radius 1 is 1.14 bits per heavy atom. The Morgan fingerprint density at radius 2 is 2.00 bits per heavy atom. The van der Waals surface area contributed by atoms with Crippen molar-refractivity contribution in [3.8, 4) is 0 Å². The smallest absolute Gasteiger partial charge is 0.182 e. The maximum Gasteiger partial charge on any atom is 0.182 e. The van der Waals surface area contributed by atoms with E-state index in [1.807, 2.05) is 18.2 Å². The van der Waals surface area contributed by atoms with Gasteiger partial charge in [-0.2, -0.15) is 0 Å². The Bertz CT molecular complexity index is 772. The van der Waals surface area contributed by atoms with E-state index in [9.17, 15) is 0 Å². The van der Waals surface area contributed by atoms with E-state index >= 15 is 0 Å². The van der Waals surface area contributed by atoms with Gasteiger partial charge in [-0.25, -0.2) is 15.0 Å². The highest BCUT2D eigenvalue weighted by Gasteiger charge is 2.28. The monoisotopic (exact) mass is 295 g/mol. The van der Waals surface area contributed by atoms with Gasteiger partial charge < -0.3 is 14.6 Å². The summed E-state index contributed by atoms with van der Waals surface area (Å²) in [5.74, 6) is 0.888. The Morgan fingerprint density at radius 3 is 2.86 bits per heavy atom. The average Bonchev–Trinajstić information content (AvgIpc) is 3.03. The Kier molecular flexibility index (Phi) is 3.23. The SMILES string of the molecule is CC1CN(c2ncnc3nc[nH]c23)CC(c2ccccc2)O1. The predicted octanol–water partition coefficient (Wildman–Crippen LogP) is 2.32. The Hall–Kier alpha value is -2.47. The van der Waals surface area contributed by atoms with Crippen LogP contribution >= 0.6 is 0 Å². The summed E-state index contributed by atoms with van der Waals surface area (Å²) in [6, 6.07) is 10.3. The van der Waals surface area contributed by atoms with Crippen molar-refractivity contribution in [2.24, 2.45) is 0 Å². The van der Waals surface area contributed by atoms with Crippen LogP contribution in [0.25, 0.3) is 11.2 Å². The molecule has 0 radical (unpaired) electrons. The fourth-order valence-electron chi connectivity index (χ4n) is 2.97. The first-order valence-electron chi connectivity index (χ1n) is 7.40. The normalized spacial score (nSPS) is 22.1. The molecule has 0 saturated carbocycles. The zero-order valence-electron chi connectivity index (χ0n) is 12.3. The van der Waals surface area contributed by atoms with E-state index in [0.717, 1.165) is 24.4 Å². The molecule has 0 aliphatic carbocycles. The summed E-state index contributed by atoms with van der Waals surface area (Å²) in [6.45, 7) is 3.65. The van der Waals surface area contributed by atoms with Crippen LogP contribution in [0.5, 0.6) is 0 Å². The van der Waals surface area contributed by atoms with Gasteiger partial charge in [0.25, 0.3) is 0 Å². The van der Waals surface area contributed by atoms with Crippen LogP contribution in [0, 0.1) is 0 Å². The standard InChI is InChI=1S/C16H17N5O/c1-11-7-21(8-13(22-11)12-5-3-2-4-6-12)16-14-15(18-9-17-14)19-10-20-16/h2-6,9-11,13H,7-8H2,1H3,(H,17,18,19,20). The van der Waals surface area contributed by atoms with Crippen LogP contribution in [0.3, 0.4) is 0 Å². The molecule has 4 rings (SSSR count). The van der Waals surface area contributed by atoms with Crippen molar-refractivity contribution in [3.05, 3.63) is 48.5 Å². The van der Waals surface area contributed by atoms with Crippen LogP contribution in [-0.4, -0.2) is 39.1 Å². The van der Waals surface area contributed by atoms with Gasteiger partial charge in [-0.3, -0.25) is 0 Å². The Balaban J connectivity index is 1.68. The molecule has 112 valence electrons. The van der Waals surface area contributed by atoms with E-state index in [1.54, 1.807) is 12.7 Å². The zero-order chi connectivity index (χ0) is 14.9. The van der Waals surface area contributed by atoms with Crippen molar-refractivity contribution in [2.45, 2.75) is 19.1 Å². The molecule has 1 aromatic carbocycles. The number of aromatic nitrogens is 4. The van der Waals surface area contributed by atoms with Gasteiger partial charge in [0.05, 0.1) is 12.4 Å². The van der Waals surface area contributed by atoms with Gasteiger partial charge in [-0.05, 0) is 12.5 Å². The molecule has 1 fully saturated rings. The van der Waals surface area contributed by atoms with Crippen molar-refractivity contribution in [2.75, 3.05) is 18.0 Å². The molecule has 3 heterocycles. The zero-order valence-corrected chi connectivity index (χ0v) is 12.3. The second kappa shape index (κ2) is 5.38. The van der Waals surface area contributed by atoms with Crippen LogP contribution < -0.4 is 4.90 Å². The molecule has 1 aliphatic rings. The third-order valence-corrected chi connectivity index (χ3v) is 3.93. The largest absolute Gasteiger partial charge is 0.367 e. The molecule has 0 spiro atoms. The topological polar surface area (TPSA) is 66.9 Å². The summed E-state index contributed by atoms with van der Waals surface area (Å²) < 4.78 is 6.11. The lowest BCUT2D eigenvalue weighted by Gasteiger charge is -2.37. The molecule has 0 bridgehead atoms. The van der Waals surface area contributed by atoms with E-state index in [2.05, 4.69) is 43.9 Å². The lowest BCUT2D eigenvalue weighted by Crippen LogP contribution is -2.43. The number of imidazole rings is 1. The summed E-state index contributed by atoms with van der Waals surface area (Å²) in [5.41, 5.74) is 2.76. The highest BCUT2D eigenvalue weighted by Crippen LogP contribution is 2.29. The maximum atomic E-state index is 6.11. The number of morpholine rings is 1. The van der Waals surface area contributed by atoms with Crippen LogP contribution in [-0.2, 0) is 4.74 Å². The van der Waals surface area contributed by atoms with E-state index in [4.69, 9.17) is 4.74 Å². The third-order valence-electron chi connectivity index (χ3n) is 3.93. The summed E-state index contributed by atoms with van der Waals surface area (Å²) in [6.07, 6.45) is 3.39. The third kappa shape index (κ3) is 2.31. The molecule has 2 aromatic heterocycles. The van der Waals surface area contributed by atoms with Crippen LogP contribution in [0.1, 0.15) is 18.6 Å². The lowest BCUT2D eigenvalue weighted by molar-refractivity contribution is -0.0175. The molecular formula is C16H17N5O. The number of nitrogens with one attached hydrogen (secondary N) is 1. The first-order valence-corrected chi connectivity index (χ1v) is 7.40. The van der Waals surface area contributed by atoms with Crippen molar-refractivity contribution in [1.82, 2.24) is 19.9 Å². The van der Waals surface area contributed by atoms with Crippen molar-refractivity contribution in [3.63, 3.8) is 0 Å². The number of ether oxygens (including phenoxy) is 1. The van der Waals surface area contributed by atoms with Gasteiger partial charge >= 0.3 is 0 Å². The van der Waals surface area contributed by atoms with Crippen molar-refractivity contribution in [1.29, 1.82) is 0 Å². The summed E-state index contributed by atoms with van der Waals surface area (Å²) in [5, 5.41) is 0. The van der Waals surface area contributed by atoms with Crippen molar-refractivity contribution < 1.29 is 4.74 Å². The highest BCUT2D eigenvalue weighted by molar-refractivity contribution is 5.82. The minimum atomic E-state index is 0.0397. The number of H-pyrrole nitrogens is 1. The molecule has 6 heteroatoms. The number of nitrogens with zero attached hydrogens (tertiary/aromatic N) is 4. The van der Waals surface area contributed by atoms with Gasteiger partial charge in [0.1, 0.15) is 17.9 Å². The fraction of sp³-hybridized carbons (Fsp3) is 0.312. The molecule has 2 atom stereocenters. The lowest BCUT2D eigenvalue weighted by atomic mass is 10.1. The second-order valence-electron chi connectivity index (χ2n) is 5.55. The quantitative estimate of drug-likeness (QED) is 0.786.